The normalized spacial score (nSPS) is 14.8. The van der Waals surface area contributed by atoms with Gasteiger partial charge in [-0.3, -0.25) is 9.59 Å². The summed E-state index contributed by atoms with van der Waals surface area (Å²) in [5.41, 5.74) is 0.480. The van der Waals surface area contributed by atoms with E-state index in [1.807, 2.05) is 6.07 Å². The maximum absolute atomic E-state index is 12.8. The van der Waals surface area contributed by atoms with E-state index in [4.69, 9.17) is 9.68 Å². The van der Waals surface area contributed by atoms with Crippen molar-refractivity contribution in [3.05, 3.63) is 47.9 Å². The molecule has 0 fully saturated rings. The van der Waals surface area contributed by atoms with Crippen LogP contribution in [0.1, 0.15) is 29.4 Å². The fourth-order valence-corrected chi connectivity index (χ4v) is 3.48. The van der Waals surface area contributed by atoms with Gasteiger partial charge in [0.05, 0.1) is 30.8 Å². The van der Waals surface area contributed by atoms with Crippen molar-refractivity contribution in [2.24, 2.45) is 0 Å². The number of nitrogens with one attached hydrogen (secondary N) is 2. The summed E-state index contributed by atoms with van der Waals surface area (Å²) in [6, 6.07) is 8.21. The number of amides is 2. The van der Waals surface area contributed by atoms with E-state index >= 15 is 0 Å². The van der Waals surface area contributed by atoms with Crippen molar-refractivity contribution in [1.82, 2.24) is 15.6 Å². The topological polar surface area (TPSA) is 186 Å². The number of carbonyl (C=O) groups is 2. The quantitative estimate of drug-likeness (QED) is 0.322. The summed E-state index contributed by atoms with van der Waals surface area (Å²) in [4.78, 5) is 28.1. The van der Waals surface area contributed by atoms with Crippen LogP contribution >= 0.6 is 0 Å². The van der Waals surface area contributed by atoms with E-state index in [9.17, 15) is 28.2 Å². The smallest absolute Gasteiger partial charge is 0.311 e. The van der Waals surface area contributed by atoms with Crippen LogP contribution < -0.4 is 14.9 Å². The van der Waals surface area contributed by atoms with Gasteiger partial charge in [0, 0.05) is 14.0 Å². The maximum atomic E-state index is 12.8. The van der Waals surface area contributed by atoms with Crippen molar-refractivity contribution in [2.75, 3.05) is 17.6 Å². The average Bonchev–Trinajstić information content (AvgIpc) is 3.27. The number of aromatic nitrogens is 1. The molecular formula is C21H27N5O7S. The van der Waals surface area contributed by atoms with Crippen LogP contribution in [0.15, 0.2) is 41.0 Å². The number of sulfonamides is 1. The molecule has 0 aliphatic rings. The van der Waals surface area contributed by atoms with Crippen molar-refractivity contribution >= 4 is 27.9 Å². The van der Waals surface area contributed by atoms with E-state index in [-0.39, 0.29) is 24.6 Å². The summed E-state index contributed by atoms with van der Waals surface area (Å²) >= 11 is 0. The predicted molar refractivity (Wildman–Crippen MR) is 121 cm³/mol. The number of rotatable bonds is 11. The van der Waals surface area contributed by atoms with E-state index in [1.165, 1.54) is 14.0 Å². The monoisotopic (exact) mass is 493 g/mol. The number of hydrogen-bond acceptors (Lipinski definition) is 9. The Morgan fingerprint density at radius 2 is 1.79 bits per heavy atom. The Bertz CT molecular complexity index is 1130. The minimum Gasteiger partial charge on any atom is -0.430 e. The zero-order valence-electron chi connectivity index (χ0n) is 18.9. The Balaban J connectivity index is 2.28. The zero-order chi connectivity index (χ0) is 25.5. The Labute approximate surface area is 197 Å². The molecule has 13 heteroatoms. The van der Waals surface area contributed by atoms with Gasteiger partial charge >= 0.3 is 6.01 Å². The largest absolute Gasteiger partial charge is 0.430 e. The number of aliphatic hydroxyl groups is 2. The second-order valence-electron chi connectivity index (χ2n) is 7.67. The summed E-state index contributed by atoms with van der Waals surface area (Å²) in [5.74, 6) is -1.29. The van der Waals surface area contributed by atoms with Crippen LogP contribution in [-0.2, 0) is 21.2 Å². The highest BCUT2D eigenvalue weighted by Crippen LogP contribution is 2.17. The van der Waals surface area contributed by atoms with Crippen molar-refractivity contribution < 1.29 is 32.6 Å². The van der Waals surface area contributed by atoms with Crippen LogP contribution in [0, 0.1) is 11.3 Å². The Morgan fingerprint density at radius 3 is 2.35 bits per heavy atom. The van der Waals surface area contributed by atoms with Crippen LogP contribution in [0.3, 0.4) is 0 Å². The highest BCUT2D eigenvalue weighted by Gasteiger charge is 2.34. The first-order valence-corrected chi connectivity index (χ1v) is 12.0. The first-order valence-electron chi connectivity index (χ1n) is 10.2. The van der Waals surface area contributed by atoms with E-state index < -0.39 is 46.1 Å². The van der Waals surface area contributed by atoms with Crippen molar-refractivity contribution in [1.29, 1.82) is 5.26 Å². The molecule has 0 bridgehead atoms. The van der Waals surface area contributed by atoms with Crippen LogP contribution in [0.5, 0.6) is 0 Å². The second-order valence-corrected chi connectivity index (χ2v) is 9.68. The third kappa shape index (κ3) is 7.27. The number of anilines is 1. The average molecular weight is 494 g/mol. The molecule has 2 aromatic rings. The number of nitrogens with zero attached hydrogens (tertiary/aromatic N) is 3. The van der Waals surface area contributed by atoms with Gasteiger partial charge in [-0.25, -0.2) is 12.7 Å². The molecular weight excluding hydrogens is 466 g/mol. The Morgan fingerprint density at radius 1 is 1.18 bits per heavy atom. The highest BCUT2D eigenvalue weighted by atomic mass is 32.2. The van der Waals surface area contributed by atoms with Gasteiger partial charge in [-0.1, -0.05) is 30.3 Å². The summed E-state index contributed by atoms with van der Waals surface area (Å²) in [6.45, 7) is 1.21. The third-order valence-electron chi connectivity index (χ3n) is 4.98. The lowest BCUT2D eigenvalue weighted by Gasteiger charge is -2.31. The van der Waals surface area contributed by atoms with Crippen molar-refractivity contribution in [3.8, 4) is 6.07 Å². The van der Waals surface area contributed by atoms with Crippen molar-refractivity contribution in [2.45, 2.75) is 44.1 Å². The summed E-state index contributed by atoms with van der Waals surface area (Å²) in [6.07, 6.45) is -1.44. The molecule has 1 heterocycles. The third-order valence-corrected chi connectivity index (χ3v) is 6.13. The lowest BCUT2D eigenvalue weighted by Crippen LogP contribution is -2.56. The first kappa shape index (κ1) is 26.8. The summed E-state index contributed by atoms with van der Waals surface area (Å²) < 4.78 is 29.2. The van der Waals surface area contributed by atoms with Crippen molar-refractivity contribution in [3.63, 3.8) is 0 Å². The standard InChI is InChI=1S/C21H27N5O7S/c1-13(27)23-15(9-10-22)18(28)19(29)16(11-14-7-5-4-6-8-14)24-20(30)17-12-33-21(25-17)26(2)34(3,31)32/h4-8,12,15-16,18-19,28-29H,9,11H2,1-3H3,(H,23,27)(H,24,30). The van der Waals surface area contributed by atoms with E-state index in [0.717, 1.165) is 22.4 Å². The van der Waals surface area contributed by atoms with Gasteiger partial charge in [0.25, 0.3) is 5.91 Å². The Kier molecular flexibility index (Phi) is 9.13. The fraction of sp³-hybridized carbons (Fsp3) is 0.429. The van der Waals surface area contributed by atoms with Crippen LogP contribution in [0.2, 0.25) is 0 Å². The molecule has 4 atom stereocenters. The minimum atomic E-state index is -3.67. The first-order chi connectivity index (χ1) is 15.9. The van der Waals surface area contributed by atoms with E-state index in [0.29, 0.717) is 0 Å². The summed E-state index contributed by atoms with van der Waals surface area (Å²) in [5, 5.41) is 35.6. The van der Waals surface area contributed by atoms with E-state index in [2.05, 4.69) is 15.6 Å². The van der Waals surface area contributed by atoms with Gasteiger partial charge in [0.2, 0.25) is 15.9 Å². The van der Waals surface area contributed by atoms with Crippen LogP contribution in [0.25, 0.3) is 0 Å². The number of carbonyl (C=O) groups excluding carboxylic acids is 2. The van der Waals surface area contributed by atoms with Gasteiger partial charge in [-0.05, 0) is 12.0 Å². The van der Waals surface area contributed by atoms with Crippen LogP contribution in [-0.4, -0.2) is 73.0 Å². The molecule has 0 radical (unpaired) electrons. The molecule has 34 heavy (non-hydrogen) atoms. The predicted octanol–water partition coefficient (Wildman–Crippen LogP) is -0.448. The highest BCUT2D eigenvalue weighted by molar-refractivity contribution is 7.92. The minimum absolute atomic E-state index is 0.0953. The molecule has 0 saturated carbocycles. The molecule has 0 aliphatic heterocycles. The Hall–Kier alpha value is -3.47. The zero-order valence-corrected chi connectivity index (χ0v) is 19.7. The van der Waals surface area contributed by atoms with Gasteiger partial charge in [-0.2, -0.15) is 10.2 Å². The van der Waals surface area contributed by atoms with Gasteiger partial charge < -0.3 is 25.3 Å². The molecule has 2 rings (SSSR count). The SMILES string of the molecule is CC(=O)NC(CC#N)C(O)C(O)C(Cc1ccccc1)NC(=O)c1coc(N(C)S(C)(=O)=O)n1. The summed E-state index contributed by atoms with van der Waals surface area (Å²) in [7, 11) is -2.46. The molecule has 0 spiro atoms. The molecule has 0 saturated heterocycles. The molecule has 1 aromatic heterocycles. The molecule has 12 nitrogen and oxygen atoms in total. The number of aliphatic hydroxyl groups excluding tert-OH is 2. The molecule has 1 aromatic carbocycles. The lowest BCUT2D eigenvalue weighted by atomic mass is 9.93. The van der Waals surface area contributed by atoms with Gasteiger partial charge in [0.1, 0.15) is 18.5 Å². The molecule has 4 unspecified atom stereocenters. The van der Waals surface area contributed by atoms with Gasteiger partial charge in [0.15, 0.2) is 5.69 Å². The molecule has 184 valence electrons. The maximum Gasteiger partial charge on any atom is 0.311 e. The fourth-order valence-electron chi connectivity index (χ4n) is 3.12. The van der Waals surface area contributed by atoms with Gasteiger partial charge in [-0.15, -0.1) is 0 Å². The van der Waals surface area contributed by atoms with E-state index in [1.54, 1.807) is 30.3 Å². The lowest BCUT2D eigenvalue weighted by molar-refractivity contribution is -0.121. The second kappa shape index (κ2) is 11.6. The van der Waals surface area contributed by atoms with Crippen LogP contribution in [0.4, 0.5) is 6.01 Å². The number of benzene rings is 1. The molecule has 2 amide bonds. The molecule has 4 N–H and O–H groups in total. The number of oxazole rings is 1. The molecule has 0 aliphatic carbocycles. The number of hydrogen-bond donors (Lipinski definition) is 4. The number of nitriles is 1.